The summed E-state index contributed by atoms with van der Waals surface area (Å²) in [6.07, 6.45) is 10.6. The van der Waals surface area contributed by atoms with Gasteiger partial charge < -0.3 is 9.47 Å². The van der Waals surface area contributed by atoms with Crippen LogP contribution in [0, 0.1) is 0 Å². The minimum absolute atomic E-state index is 0.392. The monoisotopic (exact) mass is 270 g/mol. The Morgan fingerprint density at radius 1 is 1.05 bits per heavy atom. The van der Waals surface area contributed by atoms with Gasteiger partial charge in [-0.15, -0.1) is 0 Å². The van der Waals surface area contributed by atoms with Gasteiger partial charge in [-0.25, -0.2) is 9.97 Å². The van der Waals surface area contributed by atoms with Gasteiger partial charge in [0.2, 0.25) is 0 Å². The van der Waals surface area contributed by atoms with Crippen LogP contribution in [0.5, 0.6) is 0 Å². The van der Waals surface area contributed by atoms with E-state index in [1.807, 2.05) is 12.4 Å². The van der Waals surface area contributed by atoms with Crippen molar-refractivity contribution in [3.05, 3.63) is 42.7 Å². The van der Waals surface area contributed by atoms with Gasteiger partial charge in [0.1, 0.15) is 5.82 Å². The van der Waals surface area contributed by atoms with Crippen LogP contribution in [0.4, 0.5) is 5.69 Å². The number of hydrogen-bond acceptors (Lipinski definition) is 3. The Morgan fingerprint density at radius 3 is 2.20 bits per heavy atom. The molecule has 4 nitrogen and oxygen atoms in total. The van der Waals surface area contributed by atoms with E-state index in [1.165, 1.54) is 12.8 Å². The van der Waals surface area contributed by atoms with Crippen LogP contribution in [0.1, 0.15) is 44.5 Å². The third-order valence-corrected chi connectivity index (χ3v) is 4.05. The van der Waals surface area contributed by atoms with Crippen LogP contribution >= 0.6 is 0 Å². The van der Waals surface area contributed by atoms with Crippen molar-refractivity contribution in [1.82, 2.24) is 14.5 Å². The second kappa shape index (κ2) is 5.65. The van der Waals surface area contributed by atoms with E-state index < -0.39 is 0 Å². The summed E-state index contributed by atoms with van der Waals surface area (Å²) in [5, 5.41) is 0. The van der Waals surface area contributed by atoms with E-state index >= 15 is 0 Å². The van der Waals surface area contributed by atoms with Crippen molar-refractivity contribution in [3.8, 4) is 0 Å². The van der Waals surface area contributed by atoms with Gasteiger partial charge in [0.15, 0.2) is 0 Å². The maximum absolute atomic E-state index is 4.46. The van der Waals surface area contributed by atoms with E-state index in [-0.39, 0.29) is 0 Å². The van der Waals surface area contributed by atoms with Gasteiger partial charge in [-0.1, -0.05) is 13.8 Å². The molecule has 4 heteroatoms. The first-order valence-corrected chi connectivity index (χ1v) is 7.43. The molecular formula is C16H22N4. The Hall–Kier alpha value is -1.84. The fraction of sp³-hybridized carbons (Fsp3) is 0.500. The number of anilines is 1. The summed E-state index contributed by atoms with van der Waals surface area (Å²) in [6, 6.07) is 4.84. The van der Waals surface area contributed by atoms with Crippen molar-refractivity contribution in [2.24, 2.45) is 0 Å². The molecule has 3 heterocycles. The molecule has 1 aliphatic rings. The molecule has 0 amide bonds. The molecule has 1 fully saturated rings. The van der Waals surface area contributed by atoms with E-state index in [0.29, 0.717) is 12.0 Å². The predicted octanol–water partition coefficient (Wildman–Crippen LogP) is 3.24. The normalized spacial score (nSPS) is 16.9. The molecule has 1 saturated heterocycles. The topological polar surface area (TPSA) is 34.0 Å². The zero-order valence-electron chi connectivity index (χ0n) is 12.2. The summed E-state index contributed by atoms with van der Waals surface area (Å²) in [6.45, 7) is 6.40. The zero-order chi connectivity index (χ0) is 13.9. The molecule has 0 aliphatic carbocycles. The Labute approximate surface area is 120 Å². The molecule has 0 saturated carbocycles. The van der Waals surface area contributed by atoms with Crippen LogP contribution in [0.15, 0.2) is 36.9 Å². The van der Waals surface area contributed by atoms with Crippen LogP contribution in [-0.2, 0) is 0 Å². The molecule has 0 N–H and O–H groups in total. The number of piperidine rings is 1. The number of aromatic nitrogens is 3. The average molecular weight is 270 g/mol. The van der Waals surface area contributed by atoms with Gasteiger partial charge in [-0.05, 0) is 25.0 Å². The van der Waals surface area contributed by atoms with Gasteiger partial charge in [0, 0.05) is 37.4 Å². The highest BCUT2D eigenvalue weighted by atomic mass is 15.2. The van der Waals surface area contributed by atoms with E-state index in [2.05, 4.69) is 57.8 Å². The summed E-state index contributed by atoms with van der Waals surface area (Å²) in [5.41, 5.74) is 1.15. The Balaban J connectivity index is 1.63. The van der Waals surface area contributed by atoms with Crippen molar-refractivity contribution in [3.63, 3.8) is 0 Å². The molecule has 2 aromatic heterocycles. The fourth-order valence-corrected chi connectivity index (χ4v) is 2.81. The van der Waals surface area contributed by atoms with Gasteiger partial charge in [0.25, 0.3) is 0 Å². The maximum atomic E-state index is 4.46. The molecule has 2 aromatic rings. The van der Waals surface area contributed by atoms with Gasteiger partial charge in [-0.2, -0.15) is 0 Å². The second-order valence-corrected chi connectivity index (χ2v) is 5.80. The first kappa shape index (κ1) is 13.2. The number of nitrogens with zero attached hydrogens (tertiary/aromatic N) is 4. The maximum Gasteiger partial charge on any atom is 0.130 e. The molecular weight excluding hydrogens is 248 g/mol. The zero-order valence-corrected chi connectivity index (χ0v) is 12.2. The quantitative estimate of drug-likeness (QED) is 0.858. The van der Waals surface area contributed by atoms with Crippen LogP contribution in [0.25, 0.3) is 0 Å². The third kappa shape index (κ3) is 2.69. The molecule has 0 bridgehead atoms. The smallest absolute Gasteiger partial charge is 0.130 e. The van der Waals surface area contributed by atoms with E-state index in [4.69, 9.17) is 0 Å². The van der Waals surface area contributed by atoms with Gasteiger partial charge in [0.05, 0.1) is 18.1 Å². The molecule has 3 rings (SSSR count). The highest BCUT2D eigenvalue weighted by Gasteiger charge is 2.20. The summed E-state index contributed by atoms with van der Waals surface area (Å²) >= 11 is 0. The summed E-state index contributed by atoms with van der Waals surface area (Å²) in [4.78, 5) is 11.3. The van der Waals surface area contributed by atoms with Crippen molar-refractivity contribution in [2.45, 2.75) is 38.6 Å². The lowest BCUT2D eigenvalue weighted by Crippen LogP contribution is -2.34. The van der Waals surface area contributed by atoms with Crippen LogP contribution in [-0.4, -0.2) is 27.6 Å². The molecule has 0 atom stereocenters. The van der Waals surface area contributed by atoms with Gasteiger partial charge >= 0.3 is 0 Å². The van der Waals surface area contributed by atoms with E-state index in [9.17, 15) is 0 Å². The van der Waals surface area contributed by atoms with Crippen molar-refractivity contribution in [1.29, 1.82) is 0 Å². The first-order chi connectivity index (χ1) is 9.74. The Bertz CT molecular complexity index is 522. The number of rotatable bonds is 3. The first-order valence-electron chi connectivity index (χ1n) is 7.43. The fourth-order valence-electron chi connectivity index (χ4n) is 2.81. The third-order valence-electron chi connectivity index (χ3n) is 4.05. The molecule has 106 valence electrons. The number of hydrogen-bond donors (Lipinski definition) is 0. The summed E-state index contributed by atoms with van der Waals surface area (Å²) in [5.74, 6) is 1.32. The lowest BCUT2D eigenvalue weighted by Gasteiger charge is -2.34. The van der Waals surface area contributed by atoms with E-state index in [1.54, 1.807) is 0 Å². The second-order valence-electron chi connectivity index (χ2n) is 5.80. The lowest BCUT2D eigenvalue weighted by atomic mass is 10.0. The van der Waals surface area contributed by atoms with Crippen LogP contribution in [0.2, 0.25) is 0 Å². The lowest BCUT2D eigenvalue weighted by molar-refractivity contribution is 0.397. The van der Waals surface area contributed by atoms with Crippen LogP contribution in [0.3, 0.4) is 0 Å². The molecule has 0 aromatic carbocycles. The predicted molar refractivity (Wildman–Crippen MR) is 81.0 cm³/mol. The van der Waals surface area contributed by atoms with Crippen LogP contribution < -0.4 is 4.90 Å². The average Bonchev–Trinajstić information content (AvgIpc) is 3.02. The van der Waals surface area contributed by atoms with Crippen molar-refractivity contribution >= 4 is 5.69 Å². The SMILES string of the molecule is CC(C)c1ncc(N2CCC(n3cccc3)CC2)cn1. The highest BCUT2D eigenvalue weighted by Crippen LogP contribution is 2.26. The molecule has 1 aliphatic heterocycles. The molecule has 20 heavy (non-hydrogen) atoms. The Morgan fingerprint density at radius 2 is 1.65 bits per heavy atom. The molecule has 0 spiro atoms. The summed E-state index contributed by atoms with van der Waals surface area (Å²) in [7, 11) is 0. The minimum Gasteiger partial charge on any atom is -0.369 e. The van der Waals surface area contributed by atoms with Gasteiger partial charge in [-0.3, -0.25) is 0 Å². The minimum atomic E-state index is 0.392. The molecule has 0 radical (unpaired) electrons. The summed E-state index contributed by atoms with van der Waals surface area (Å²) < 4.78 is 2.33. The largest absolute Gasteiger partial charge is 0.369 e. The molecule has 0 unspecified atom stereocenters. The van der Waals surface area contributed by atoms with E-state index in [0.717, 1.165) is 24.6 Å². The highest BCUT2D eigenvalue weighted by molar-refractivity contribution is 5.42. The van der Waals surface area contributed by atoms with Crippen molar-refractivity contribution in [2.75, 3.05) is 18.0 Å². The standard InChI is InChI=1S/C16H22N4/c1-13(2)16-17-11-15(12-18-16)20-9-5-14(6-10-20)19-7-3-4-8-19/h3-4,7-8,11-14H,5-6,9-10H2,1-2H3. The Kier molecular flexibility index (Phi) is 3.72. The van der Waals surface area contributed by atoms with Crippen molar-refractivity contribution < 1.29 is 0 Å².